The molecule has 0 aromatic heterocycles. The van der Waals surface area contributed by atoms with Crippen LogP contribution in [0.2, 0.25) is 5.02 Å². The number of fused-ring (bicyclic) bond motifs is 1. The average Bonchev–Trinajstić information content (AvgIpc) is 2.80. The molecule has 1 heterocycles. The topological polar surface area (TPSA) is 40.6 Å². The summed E-state index contributed by atoms with van der Waals surface area (Å²) in [6, 6.07) is 15.4. The summed E-state index contributed by atoms with van der Waals surface area (Å²) in [5.41, 5.74) is 2.72. The first kappa shape index (κ1) is 21.9. The van der Waals surface area contributed by atoms with Crippen LogP contribution in [0.5, 0.6) is 0 Å². The van der Waals surface area contributed by atoms with Crippen LogP contribution in [-0.4, -0.2) is 24.4 Å². The molecule has 1 aliphatic heterocycles. The van der Waals surface area contributed by atoms with Gasteiger partial charge in [-0.15, -0.1) is 0 Å². The van der Waals surface area contributed by atoms with Crippen molar-refractivity contribution in [3.63, 3.8) is 0 Å². The Bertz CT molecular complexity index is 937. The molecule has 164 valence electrons. The molecule has 2 aromatic carbocycles. The normalized spacial score (nSPS) is 21.5. The molecule has 0 N–H and O–H groups in total. The lowest BCUT2D eigenvalue weighted by molar-refractivity contribution is -0.125. The molecule has 1 fully saturated rings. The van der Waals surface area contributed by atoms with Gasteiger partial charge >= 0.3 is 0 Å². The largest absolute Gasteiger partial charge is 0.312 e. The van der Waals surface area contributed by atoms with E-state index in [0.29, 0.717) is 18.0 Å². The Morgan fingerprint density at radius 1 is 1.03 bits per heavy atom. The fraction of sp³-hybridized carbons (Fsp3) is 0.462. The quantitative estimate of drug-likeness (QED) is 0.571. The summed E-state index contributed by atoms with van der Waals surface area (Å²) in [7, 11) is 0. The maximum Gasteiger partial charge on any atom is 0.234 e. The molecule has 2 amide bonds. The number of amides is 2. The van der Waals surface area contributed by atoms with Crippen molar-refractivity contribution < 1.29 is 9.59 Å². The van der Waals surface area contributed by atoms with Gasteiger partial charge in [0, 0.05) is 34.9 Å². The molecule has 0 unspecified atom stereocenters. The number of benzene rings is 2. The molecule has 0 saturated heterocycles. The zero-order valence-electron chi connectivity index (χ0n) is 18.4. The van der Waals surface area contributed by atoms with E-state index in [2.05, 4.69) is 6.92 Å². The van der Waals surface area contributed by atoms with Crippen molar-refractivity contribution in [3.05, 3.63) is 59.1 Å². The van der Waals surface area contributed by atoms with Crippen LogP contribution in [0, 0.1) is 5.92 Å². The molecule has 5 heteroatoms. The lowest BCUT2D eigenvalue weighted by Gasteiger charge is -2.42. The van der Waals surface area contributed by atoms with E-state index in [0.717, 1.165) is 42.6 Å². The van der Waals surface area contributed by atoms with Crippen LogP contribution in [0.1, 0.15) is 63.9 Å². The van der Waals surface area contributed by atoms with Crippen LogP contribution in [0.4, 0.5) is 11.4 Å². The highest BCUT2D eigenvalue weighted by molar-refractivity contribution is 6.30. The van der Waals surface area contributed by atoms with Gasteiger partial charge in [-0.1, -0.05) is 49.1 Å². The van der Waals surface area contributed by atoms with E-state index in [-0.39, 0.29) is 29.7 Å². The van der Waals surface area contributed by atoms with Crippen LogP contribution in [0.15, 0.2) is 48.5 Å². The van der Waals surface area contributed by atoms with Gasteiger partial charge in [0.25, 0.3) is 0 Å². The highest BCUT2D eigenvalue weighted by Gasteiger charge is 2.40. The Labute approximate surface area is 190 Å². The van der Waals surface area contributed by atoms with Crippen molar-refractivity contribution in [2.45, 2.75) is 64.3 Å². The predicted molar refractivity (Wildman–Crippen MR) is 127 cm³/mol. The van der Waals surface area contributed by atoms with Gasteiger partial charge in [-0.25, -0.2) is 0 Å². The van der Waals surface area contributed by atoms with Crippen molar-refractivity contribution in [2.75, 3.05) is 16.3 Å². The highest BCUT2D eigenvalue weighted by atomic mass is 35.5. The molecule has 2 aromatic rings. The van der Waals surface area contributed by atoms with Gasteiger partial charge in [-0.3, -0.25) is 9.59 Å². The Hall–Kier alpha value is -2.33. The van der Waals surface area contributed by atoms with Gasteiger partial charge < -0.3 is 9.80 Å². The molecule has 0 bridgehead atoms. The molecule has 0 spiro atoms. The van der Waals surface area contributed by atoms with Gasteiger partial charge in [0.15, 0.2) is 0 Å². The Morgan fingerprint density at radius 3 is 2.39 bits per heavy atom. The summed E-state index contributed by atoms with van der Waals surface area (Å²) in [6.45, 7) is 4.65. The lowest BCUT2D eigenvalue weighted by Crippen LogP contribution is -2.49. The second-order valence-corrected chi connectivity index (χ2v) is 9.23. The summed E-state index contributed by atoms with van der Waals surface area (Å²) in [4.78, 5) is 31.0. The first-order valence-corrected chi connectivity index (χ1v) is 11.9. The summed E-state index contributed by atoms with van der Waals surface area (Å²) < 4.78 is 0. The molecule has 4 rings (SSSR count). The van der Waals surface area contributed by atoms with Crippen molar-refractivity contribution >= 4 is 34.8 Å². The highest BCUT2D eigenvalue weighted by Crippen LogP contribution is 2.41. The smallest absolute Gasteiger partial charge is 0.234 e. The molecule has 1 aliphatic carbocycles. The number of para-hydroxylation sites is 1. The van der Waals surface area contributed by atoms with Crippen LogP contribution < -0.4 is 9.80 Å². The SMILES string of the molecule is CCN(C(=O)[C@H]1C[C@H](C)N(C(=O)C2CCCCC2)c2ccccc21)c1ccc(Cl)cc1. The lowest BCUT2D eigenvalue weighted by atomic mass is 9.82. The zero-order valence-corrected chi connectivity index (χ0v) is 19.1. The summed E-state index contributed by atoms with van der Waals surface area (Å²) in [5.74, 6) is 0.152. The second-order valence-electron chi connectivity index (χ2n) is 8.80. The standard InChI is InChI=1S/C26H31ClN2O2/c1-3-28(21-15-13-20(27)14-16-21)26(31)23-17-18(2)29(24-12-8-7-11-22(23)24)25(30)19-9-5-4-6-10-19/h7-8,11-16,18-19,23H,3-6,9-10,17H2,1-2H3/t18-,23-/m0/s1. The predicted octanol–water partition coefficient (Wildman–Crippen LogP) is 6.18. The van der Waals surface area contributed by atoms with Crippen LogP contribution in [0.3, 0.4) is 0 Å². The minimum atomic E-state index is -0.266. The van der Waals surface area contributed by atoms with Crippen LogP contribution >= 0.6 is 11.6 Å². The Kier molecular flexibility index (Phi) is 6.66. The number of likely N-dealkylation sites (N-methyl/N-ethyl adjacent to an activating group) is 1. The van der Waals surface area contributed by atoms with E-state index in [1.54, 1.807) is 0 Å². The summed E-state index contributed by atoms with van der Waals surface area (Å²) in [6.07, 6.45) is 6.09. The third-order valence-electron chi connectivity index (χ3n) is 6.80. The molecule has 0 radical (unpaired) electrons. The number of anilines is 2. The van der Waals surface area contributed by atoms with E-state index < -0.39 is 0 Å². The third kappa shape index (κ3) is 4.36. The Morgan fingerprint density at radius 2 is 1.71 bits per heavy atom. The van der Waals surface area contributed by atoms with Gasteiger partial charge in [0.2, 0.25) is 11.8 Å². The van der Waals surface area contributed by atoms with Gasteiger partial charge in [-0.2, -0.15) is 0 Å². The minimum Gasteiger partial charge on any atom is -0.312 e. The van der Waals surface area contributed by atoms with Crippen molar-refractivity contribution in [1.82, 2.24) is 0 Å². The summed E-state index contributed by atoms with van der Waals surface area (Å²) >= 11 is 6.04. The number of hydrogen-bond acceptors (Lipinski definition) is 2. The van der Waals surface area contributed by atoms with E-state index in [9.17, 15) is 9.59 Å². The van der Waals surface area contributed by atoms with Crippen molar-refractivity contribution in [3.8, 4) is 0 Å². The van der Waals surface area contributed by atoms with Crippen LogP contribution in [-0.2, 0) is 9.59 Å². The molecular formula is C26H31ClN2O2. The number of carbonyl (C=O) groups is 2. The average molecular weight is 439 g/mol. The molecular weight excluding hydrogens is 408 g/mol. The van der Waals surface area contributed by atoms with Crippen molar-refractivity contribution in [1.29, 1.82) is 0 Å². The van der Waals surface area contributed by atoms with Crippen molar-refractivity contribution in [2.24, 2.45) is 5.92 Å². The number of rotatable bonds is 4. The monoisotopic (exact) mass is 438 g/mol. The number of halogens is 1. The molecule has 31 heavy (non-hydrogen) atoms. The fourth-order valence-corrected chi connectivity index (χ4v) is 5.33. The zero-order chi connectivity index (χ0) is 22.0. The maximum absolute atomic E-state index is 13.7. The van der Waals surface area contributed by atoms with Gasteiger partial charge in [0.1, 0.15) is 0 Å². The van der Waals surface area contributed by atoms with E-state index >= 15 is 0 Å². The molecule has 2 atom stereocenters. The third-order valence-corrected chi connectivity index (χ3v) is 7.05. The number of carbonyl (C=O) groups excluding carboxylic acids is 2. The molecule has 2 aliphatic rings. The van der Waals surface area contributed by atoms with Crippen LogP contribution in [0.25, 0.3) is 0 Å². The number of hydrogen-bond donors (Lipinski definition) is 0. The maximum atomic E-state index is 13.7. The molecule has 4 nitrogen and oxygen atoms in total. The molecule has 1 saturated carbocycles. The van der Waals surface area contributed by atoms with Gasteiger partial charge in [-0.05, 0) is 69.0 Å². The number of nitrogens with zero attached hydrogens (tertiary/aromatic N) is 2. The van der Waals surface area contributed by atoms with E-state index in [4.69, 9.17) is 11.6 Å². The Balaban J connectivity index is 1.65. The van der Waals surface area contributed by atoms with Gasteiger partial charge in [0.05, 0.1) is 5.92 Å². The first-order valence-electron chi connectivity index (χ1n) is 11.5. The first-order chi connectivity index (χ1) is 15.0. The van der Waals surface area contributed by atoms with E-state index in [1.807, 2.05) is 65.3 Å². The second kappa shape index (κ2) is 9.44. The summed E-state index contributed by atoms with van der Waals surface area (Å²) in [5, 5.41) is 0.653. The van der Waals surface area contributed by atoms with E-state index in [1.165, 1.54) is 6.42 Å². The fourth-order valence-electron chi connectivity index (χ4n) is 5.20. The minimum absolute atomic E-state index is 0.0119.